The van der Waals surface area contributed by atoms with Crippen LogP contribution in [0, 0.1) is 5.92 Å². The Morgan fingerprint density at radius 1 is 1.03 bits per heavy atom. The molecule has 2 aromatic carbocycles. The molecule has 3 aromatic rings. The van der Waals surface area contributed by atoms with Crippen LogP contribution < -0.4 is 0 Å². The topological polar surface area (TPSA) is 70.5 Å². The number of aromatic hydroxyl groups is 1. The summed E-state index contributed by atoms with van der Waals surface area (Å²) < 4.78 is 0. The number of hydrogen-bond acceptors (Lipinski definition) is 4. The van der Waals surface area contributed by atoms with Crippen molar-refractivity contribution in [3.63, 3.8) is 0 Å². The molecule has 1 aromatic heterocycles. The van der Waals surface area contributed by atoms with Crippen LogP contribution in [0.1, 0.15) is 59.0 Å². The van der Waals surface area contributed by atoms with Gasteiger partial charge in [-0.25, -0.2) is 0 Å². The number of pyridine rings is 1. The average Bonchev–Trinajstić information content (AvgIpc) is 2.78. The molecule has 0 unspecified atom stereocenters. The van der Waals surface area contributed by atoms with Crippen molar-refractivity contribution in [3.8, 4) is 5.75 Å². The summed E-state index contributed by atoms with van der Waals surface area (Å²) in [6.45, 7) is 5.26. The lowest BCUT2D eigenvalue weighted by Gasteiger charge is -2.31. The minimum absolute atomic E-state index is 0.00559. The van der Waals surface area contributed by atoms with E-state index in [0.717, 1.165) is 16.6 Å². The predicted octanol–water partition coefficient (Wildman–Crippen LogP) is 4.80. The van der Waals surface area contributed by atoms with E-state index < -0.39 is 0 Å². The maximum Gasteiger partial charge on any atom is 0.254 e. The number of benzene rings is 2. The van der Waals surface area contributed by atoms with Gasteiger partial charge in [-0.15, -0.1) is 0 Å². The van der Waals surface area contributed by atoms with Gasteiger partial charge in [-0.1, -0.05) is 32.0 Å². The van der Waals surface area contributed by atoms with E-state index in [9.17, 15) is 14.7 Å². The molecule has 1 saturated heterocycles. The number of carbonyl (C=O) groups excluding carboxylic acids is 2. The van der Waals surface area contributed by atoms with Crippen molar-refractivity contribution in [1.82, 2.24) is 9.88 Å². The minimum atomic E-state index is -0.0981. The Morgan fingerprint density at radius 2 is 1.70 bits per heavy atom. The molecule has 4 rings (SSSR count). The Balaban J connectivity index is 1.52. The number of para-hydroxylation sites is 1. The van der Waals surface area contributed by atoms with Crippen LogP contribution in [0.4, 0.5) is 0 Å². The normalized spacial score (nSPS) is 15.0. The predicted molar refractivity (Wildman–Crippen MR) is 117 cm³/mol. The molecule has 1 aliphatic heterocycles. The number of amides is 1. The number of piperidine rings is 1. The first-order valence-electron chi connectivity index (χ1n) is 10.5. The highest BCUT2D eigenvalue weighted by Crippen LogP contribution is 2.27. The van der Waals surface area contributed by atoms with E-state index in [4.69, 9.17) is 4.98 Å². The number of hydrogen-bond donors (Lipinski definition) is 1. The van der Waals surface area contributed by atoms with E-state index in [0.29, 0.717) is 37.1 Å². The molecule has 1 fully saturated rings. The highest BCUT2D eigenvalue weighted by Gasteiger charge is 2.29. The first-order chi connectivity index (χ1) is 14.4. The molecule has 30 heavy (non-hydrogen) atoms. The van der Waals surface area contributed by atoms with Gasteiger partial charge in [0.15, 0.2) is 5.78 Å². The fourth-order valence-electron chi connectivity index (χ4n) is 4.05. The smallest absolute Gasteiger partial charge is 0.254 e. The van der Waals surface area contributed by atoms with Gasteiger partial charge in [-0.2, -0.15) is 0 Å². The zero-order valence-corrected chi connectivity index (χ0v) is 17.3. The zero-order valence-electron chi connectivity index (χ0n) is 17.3. The Kier molecular flexibility index (Phi) is 5.53. The third-order valence-electron chi connectivity index (χ3n) is 5.86. The molecule has 1 amide bonds. The molecule has 1 aliphatic rings. The van der Waals surface area contributed by atoms with Crippen LogP contribution in [0.5, 0.6) is 5.75 Å². The number of phenolic OH excluding ortho intramolecular Hbond substituents is 1. The third kappa shape index (κ3) is 3.92. The van der Waals surface area contributed by atoms with Gasteiger partial charge in [0.2, 0.25) is 0 Å². The number of aromatic nitrogens is 1. The van der Waals surface area contributed by atoms with Crippen molar-refractivity contribution in [2.45, 2.75) is 32.6 Å². The summed E-state index contributed by atoms with van der Waals surface area (Å²) in [4.78, 5) is 32.7. The first-order valence-corrected chi connectivity index (χ1v) is 10.5. The zero-order chi connectivity index (χ0) is 21.3. The SMILES string of the molecule is CC(C)c1cc(C(=O)N2CCC(C(=O)c3ccc(O)cc3)CC2)c2ccccc2n1. The highest BCUT2D eigenvalue weighted by atomic mass is 16.3. The first kappa shape index (κ1) is 20.1. The van der Waals surface area contributed by atoms with Gasteiger partial charge in [0.05, 0.1) is 11.1 Å². The molecule has 0 radical (unpaired) electrons. The second-order valence-corrected chi connectivity index (χ2v) is 8.24. The summed E-state index contributed by atoms with van der Waals surface area (Å²) in [5.74, 6) is 0.371. The summed E-state index contributed by atoms with van der Waals surface area (Å²) in [6.07, 6.45) is 1.29. The van der Waals surface area contributed by atoms with Crippen LogP contribution in [0.2, 0.25) is 0 Å². The summed E-state index contributed by atoms with van der Waals surface area (Å²) in [7, 11) is 0. The van der Waals surface area contributed by atoms with Gasteiger partial charge in [0.25, 0.3) is 5.91 Å². The monoisotopic (exact) mass is 402 g/mol. The van der Waals surface area contributed by atoms with E-state index in [1.54, 1.807) is 12.1 Å². The molecule has 0 aliphatic carbocycles. The van der Waals surface area contributed by atoms with Crippen LogP contribution >= 0.6 is 0 Å². The van der Waals surface area contributed by atoms with Gasteiger partial charge < -0.3 is 10.0 Å². The second kappa shape index (κ2) is 8.27. The number of rotatable bonds is 4. The molecular weight excluding hydrogens is 376 g/mol. The molecular formula is C25H26N2O3. The van der Waals surface area contributed by atoms with Gasteiger partial charge in [0, 0.05) is 35.7 Å². The Morgan fingerprint density at radius 3 is 2.37 bits per heavy atom. The summed E-state index contributed by atoms with van der Waals surface area (Å²) in [5, 5.41) is 10.3. The number of ketones is 1. The molecule has 2 heterocycles. The van der Waals surface area contributed by atoms with E-state index >= 15 is 0 Å². The molecule has 5 nitrogen and oxygen atoms in total. The second-order valence-electron chi connectivity index (χ2n) is 8.24. The van der Waals surface area contributed by atoms with Gasteiger partial charge in [0.1, 0.15) is 5.75 Å². The molecule has 154 valence electrons. The fourth-order valence-corrected chi connectivity index (χ4v) is 4.05. The van der Waals surface area contributed by atoms with E-state index in [2.05, 4.69) is 13.8 Å². The molecule has 0 spiro atoms. The largest absolute Gasteiger partial charge is 0.508 e. The third-order valence-corrected chi connectivity index (χ3v) is 5.86. The molecule has 1 N–H and O–H groups in total. The number of Topliss-reactive ketones (excluding diaryl/α,β-unsaturated/α-hetero) is 1. The average molecular weight is 402 g/mol. The van der Waals surface area contributed by atoms with Crippen LogP contribution in [-0.4, -0.2) is 39.8 Å². The van der Waals surface area contributed by atoms with Gasteiger partial charge in [-0.05, 0) is 55.2 Å². The lowest BCUT2D eigenvalue weighted by atomic mass is 9.88. The molecule has 5 heteroatoms. The maximum absolute atomic E-state index is 13.4. The van der Waals surface area contributed by atoms with Gasteiger partial charge >= 0.3 is 0 Å². The van der Waals surface area contributed by atoms with Crippen LogP contribution in [0.3, 0.4) is 0 Å². The van der Waals surface area contributed by atoms with E-state index in [1.807, 2.05) is 35.2 Å². The van der Waals surface area contributed by atoms with Crippen molar-refractivity contribution in [2.24, 2.45) is 5.92 Å². The van der Waals surface area contributed by atoms with Crippen LogP contribution in [-0.2, 0) is 0 Å². The summed E-state index contributed by atoms with van der Waals surface area (Å²) >= 11 is 0. The standard InChI is InChI=1S/C25H26N2O3/c1-16(2)23-15-21(20-5-3-4-6-22(20)26-23)25(30)27-13-11-18(12-14-27)24(29)17-7-9-19(28)10-8-17/h3-10,15-16,18,28H,11-14H2,1-2H3. The fraction of sp³-hybridized carbons (Fsp3) is 0.320. The highest BCUT2D eigenvalue weighted by molar-refractivity contribution is 6.06. The number of carbonyl (C=O) groups is 2. The number of fused-ring (bicyclic) bond motifs is 1. The number of nitrogens with zero attached hydrogens (tertiary/aromatic N) is 2. The lowest BCUT2D eigenvalue weighted by molar-refractivity contribution is 0.0651. The molecule has 0 saturated carbocycles. The summed E-state index contributed by atoms with van der Waals surface area (Å²) in [6, 6.07) is 16.1. The number of phenols is 1. The van der Waals surface area contributed by atoms with E-state index in [-0.39, 0.29) is 29.3 Å². The van der Waals surface area contributed by atoms with Gasteiger partial charge in [-0.3, -0.25) is 14.6 Å². The van der Waals surface area contributed by atoms with Crippen molar-refractivity contribution in [3.05, 3.63) is 71.4 Å². The summed E-state index contributed by atoms with van der Waals surface area (Å²) in [5.41, 5.74) is 3.05. The Labute approximate surface area is 176 Å². The van der Waals surface area contributed by atoms with Crippen molar-refractivity contribution >= 4 is 22.6 Å². The van der Waals surface area contributed by atoms with Crippen molar-refractivity contribution in [1.29, 1.82) is 0 Å². The van der Waals surface area contributed by atoms with Crippen molar-refractivity contribution < 1.29 is 14.7 Å². The lowest BCUT2D eigenvalue weighted by Crippen LogP contribution is -2.40. The Bertz CT molecular complexity index is 1080. The number of likely N-dealkylation sites (tertiary alicyclic amines) is 1. The quantitative estimate of drug-likeness (QED) is 0.637. The maximum atomic E-state index is 13.4. The molecule has 0 bridgehead atoms. The molecule has 0 atom stereocenters. The van der Waals surface area contributed by atoms with Crippen molar-refractivity contribution in [2.75, 3.05) is 13.1 Å². The minimum Gasteiger partial charge on any atom is -0.508 e. The van der Waals surface area contributed by atoms with Crippen LogP contribution in [0.15, 0.2) is 54.6 Å². The van der Waals surface area contributed by atoms with E-state index in [1.165, 1.54) is 12.1 Å². The Hall–Kier alpha value is -3.21. The van der Waals surface area contributed by atoms with Crippen LogP contribution in [0.25, 0.3) is 10.9 Å².